The van der Waals surface area contributed by atoms with Crippen LogP contribution in [0.25, 0.3) is 0 Å². The molecule has 4 heteroatoms. The molecule has 0 atom stereocenters. The Morgan fingerprint density at radius 3 is 2.53 bits per heavy atom. The van der Waals surface area contributed by atoms with E-state index in [1.165, 1.54) is 0 Å². The molecule has 1 aromatic rings. The van der Waals surface area contributed by atoms with Gasteiger partial charge >= 0.3 is 0 Å². The van der Waals surface area contributed by atoms with E-state index in [-0.39, 0.29) is 0 Å². The molecule has 0 aliphatic rings. The van der Waals surface area contributed by atoms with Gasteiger partial charge in [-0.1, -0.05) is 21.6 Å². The number of rotatable bonds is 6. The smallest absolute Gasteiger partial charge is 0.150 e. The van der Waals surface area contributed by atoms with Crippen molar-refractivity contribution in [2.45, 2.75) is 0 Å². The van der Waals surface area contributed by atoms with Crippen LogP contribution in [-0.4, -0.2) is 31.9 Å². The van der Waals surface area contributed by atoms with Gasteiger partial charge in [0.25, 0.3) is 0 Å². The Morgan fingerprint density at radius 1 is 1.33 bits per heavy atom. The zero-order chi connectivity index (χ0) is 11.1. The largest absolute Gasteiger partial charge is 0.374 e. The topological polar surface area (TPSA) is 20.3 Å². The second-order valence-electron chi connectivity index (χ2n) is 3.12. The van der Waals surface area contributed by atoms with Gasteiger partial charge in [0, 0.05) is 30.6 Å². The molecule has 0 heterocycles. The lowest BCUT2D eigenvalue weighted by molar-refractivity contribution is 0.112. The average molecular weight is 241 g/mol. The summed E-state index contributed by atoms with van der Waals surface area (Å²) in [4.78, 5) is 12.7. The fourth-order valence-electron chi connectivity index (χ4n) is 1.19. The molecule has 0 saturated heterocycles. The molecule has 0 N–H and O–H groups in total. The fraction of sp³-hybridized carbons (Fsp3) is 0.364. The van der Waals surface area contributed by atoms with Gasteiger partial charge in [-0.05, 0) is 30.5 Å². The Bertz CT molecular complexity index is 300. The SMILES string of the molecule is CSSCCN(C)c1ccc(C=O)cc1. The Hall–Kier alpha value is -0.610. The highest BCUT2D eigenvalue weighted by Gasteiger charge is 2.00. The summed E-state index contributed by atoms with van der Waals surface area (Å²) in [5.41, 5.74) is 1.88. The molecule has 1 aromatic carbocycles. The normalized spacial score (nSPS) is 10.0. The molecule has 0 aromatic heterocycles. The van der Waals surface area contributed by atoms with Crippen LogP contribution in [0.15, 0.2) is 24.3 Å². The molecule has 0 amide bonds. The van der Waals surface area contributed by atoms with Gasteiger partial charge in [0.05, 0.1) is 0 Å². The quantitative estimate of drug-likeness (QED) is 0.433. The molecule has 1 rings (SSSR count). The summed E-state index contributed by atoms with van der Waals surface area (Å²) in [5.74, 6) is 1.10. The molecular weight excluding hydrogens is 226 g/mol. The van der Waals surface area contributed by atoms with Crippen LogP contribution in [0.1, 0.15) is 10.4 Å². The number of carbonyl (C=O) groups is 1. The van der Waals surface area contributed by atoms with Gasteiger partial charge in [-0.15, -0.1) is 0 Å². The highest BCUT2D eigenvalue weighted by molar-refractivity contribution is 8.76. The van der Waals surface area contributed by atoms with E-state index in [2.05, 4.69) is 18.2 Å². The molecule has 0 bridgehead atoms. The van der Waals surface area contributed by atoms with E-state index in [0.717, 1.165) is 29.8 Å². The lowest BCUT2D eigenvalue weighted by Gasteiger charge is -2.18. The van der Waals surface area contributed by atoms with E-state index in [9.17, 15) is 4.79 Å². The molecule has 0 spiro atoms. The Labute approximate surface area is 98.8 Å². The zero-order valence-corrected chi connectivity index (χ0v) is 10.6. The number of hydrogen-bond acceptors (Lipinski definition) is 4. The summed E-state index contributed by atoms with van der Waals surface area (Å²) in [5, 5.41) is 0. The van der Waals surface area contributed by atoms with E-state index in [4.69, 9.17) is 0 Å². The van der Waals surface area contributed by atoms with Crippen molar-refractivity contribution in [1.29, 1.82) is 0 Å². The predicted molar refractivity (Wildman–Crippen MR) is 71.1 cm³/mol. The van der Waals surface area contributed by atoms with Crippen LogP contribution >= 0.6 is 21.6 Å². The number of nitrogens with zero attached hydrogens (tertiary/aromatic N) is 1. The first-order chi connectivity index (χ1) is 7.27. The standard InChI is InChI=1S/C11H15NOS2/c1-12(7-8-15-14-2)11-5-3-10(9-13)4-6-11/h3-6,9H,7-8H2,1-2H3. The number of benzene rings is 1. The minimum Gasteiger partial charge on any atom is -0.374 e. The molecule has 0 radical (unpaired) electrons. The van der Waals surface area contributed by atoms with Crippen molar-refractivity contribution in [1.82, 2.24) is 0 Å². The third kappa shape index (κ3) is 4.18. The first-order valence-electron chi connectivity index (χ1n) is 4.70. The van der Waals surface area contributed by atoms with Crippen molar-refractivity contribution in [3.05, 3.63) is 29.8 Å². The van der Waals surface area contributed by atoms with E-state index >= 15 is 0 Å². The number of anilines is 1. The number of aldehydes is 1. The maximum absolute atomic E-state index is 10.5. The molecule has 0 aliphatic heterocycles. The third-order valence-electron chi connectivity index (χ3n) is 2.10. The van der Waals surface area contributed by atoms with Gasteiger partial charge < -0.3 is 4.90 Å². The first kappa shape index (κ1) is 12.5. The predicted octanol–water partition coefficient (Wildman–Crippen LogP) is 2.95. The van der Waals surface area contributed by atoms with Crippen LogP contribution in [0.3, 0.4) is 0 Å². The average Bonchev–Trinajstić information content (AvgIpc) is 2.29. The second kappa shape index (κ2) is 6.80. The van der Waals surface area contributed by atoms with Crippen LogP contribution in [0.2, 0.25) is 0 Å². The van der Waals surface area contributed by atoms with Crippen molar-refractivity contribution in [3.8, 4) is 0 Å². The minimum atomic E-state index is 0.727. The van der Waals surface area contributed by atoms with Gasteiger partial charge in [-0.25, -0.2) is 0 Å². The molecule has 0 saturated carbocycles. The highest BCUT2D eigenvalue weighted by atomic mass is 33.1. The maximum Gasteiger partial charge on any atom is 0.150 e. The van der Waals surface area contributed by atoms with Crippen molar-refractivity contribution < 1.29 is 4.79 Å². The molecule has 0 aliphatic carbocycles. The summed E-state index contributed by atoms with van der Waals surface area (Å²) in [6.45, 7) is 1.02. The Balaban J connectivity index is 2.50. The van der Waals surface area contributed by atoms with Gasteiger partial charge in [0.15, 0.2) is 0 Å². The van der Waals surface area contributed by atoms with Crippen molar-refractivity contribution in [2.75, 3.05) is 30.5 Å². The molecule has 82 valence electrons. The molecule has 0 fully saturated rings. The van der Waals surface area contributed by atoms with Gasteiger partial charge in [0.1, 0.15) is 6.29 Å². The number of carbonyl (C=O) groups excluding carboxylic acids is 1. The minimum absolute atomic E-state index is 0.727. The summed E-state index contributed by atoms with van der Waals surface area (Å²) < 4.78 is 0. The van der Waals surface area contributed by atoms with E-state index in [1.54, 1.807) is 10.8 Å². The molecular formula is C11H15NOS2. The fourth-order valence-corrected chi connectivity index (χ4v) is 2.43. The van der Waals surface area contributed by atoms with Crippen molar-refractivity contribution in [2.24, 2.45) is 0 Å². The zero-order valence-electron chi connectivity index (χ0n) is 8.97. The summed E-state index contributed by atoms with van der Waals surface area (Å²) in [7, 11) is 5.71. The van der Waals surface area contributed by atoms with Crippen LogP contribution in [0.4, 0.5) is 5.69 Å². The van der Waals surface area contributed by atoms with E-state index < -0.39 is 0 Å². The molecule has 15 heavy (non-hydrogen) atoms. The molecule has 2 nitrogen and oxygen atoms in total. The van der Waals surface area contributed by atoms with Crippen molar-refractivity contribution in [3.63, 3.8) is 0 Å². The summed E-state index contributed by atoms with van der Waals surface area (Å²) >= 11 is 0. The van der Waals surface area contributed by atoms with E-state index in [0.29, 0.717) is 0 Å². The third-order valence-corrected chi connectivity index (χ3v) is 3.89. The van der Waals surface area contributed by atoms with Crippen LogP contribution < -0.4 is 4.90 Å². The monoisotopic (exact) mass is 241 g/mol. The summed E-state index contributed by atoms with van der Waals surface area (Å²) in [6.07, 6.45) is 2.96. The maximum atomic E-state index is 10.5. The first-order valence-corrected chi connectivity index (χ1v) is 7.42. The lowest BCUT2D eigenvalue weighted by atomic mass is 10.2. The van der Waals surface area contributed by atoms with Crippen LogP contribution in [0.5, 0.6) is 0 Å². The highest BCUT2D eigenvalue weighted by Crippen LogP contribution is 2.18. The van der Waals surface area contributed by atoms with Crippen LogP contribution in [-0.2, 0) is 0 Å². The van der Waals surface area contributed by atoms with E-state index in [1.807, 2.05) is 35.1 Å². The van der Waals surface area contributed by atoms with Gasteiger partial charge in [0.2, 0.25) is 0 Å². The summed E-state index contributed by atoms with van der Waals surface area (Å²) in [6, 6.07) is 7.65. The van der Waals surface area contributed by atoms with Gasteiger partial charge in [-0.3, -0.25) is 4.79 Å². The number of hydrogen-bond donors (Lipinski definition) is 0. The molecule has 0 unspecified atom stereocenters. The Kier molecular flexibility index (Phi) is 5.65. The Morgan fingerprint density at radius 2 is 2.00 bits per heavy atom. The lowest BCUT2D eigenvalue weighted by Crippen LogP contribution is -2.19. The van der Waals surface area contributed by atoms with Gasteiger partial charge in [-0.2, -0.15) is 0 Å². The second-order valence-corrected chi connectivity index (χ2v) is 5.80. The van der Waals surface area contributed by atoms with Crippen LogP contribution in [0, 0.1) is 0 Å². The van der Waals surface area contributed by atoms with Crippen molar-refractivity contribution >= 4 is 33.6 Å².